The fraction of sp³-hybridized carbons (Fsp3) is 0.800. The van der Waals surface area contributed by atoms with E-state index >= 15 is 0 Å². The summed E-state index contributed by atoms with van der Waals surface area (Å²) in [6.07, 6.45) is 6.19. The van der Waals surface area contributed by atoms with Crippen LogP contribution in [0.5, 0.6) is 0 Å². The molecule has 2 rings (SSSR count). The van der Waals surface area contributed by atoms with Gasteiger partial charge in [-0.15, -0.1) is 0 Å². The average molecular weight is 265 g/mol. The lowest BCUT2D eigenvalue weighted by atomic mass is 9.82. The molecule has 0 bridgehead atoms. The summed E-state index contributed by atoms with van der Waals surface area (Å²) in [5.41, 5.74) is 0. The molecule has 2 fully saturated rings. The number of hydrogen-bond donors (Lipinski definition) is 1. The number of ketones is 2. The number of rotatable bonds is 3. The second kappa shape index (κ2) is 6.31. The van der Waals surface area contributed by atoms with Gasteiger partial charge in [0, 0.05) is 30.7 Å². The molecule has 1 amide bonds. The van der Waals surface area contributed by atoms with Crippen molar-refractivity contribution in [3.8, 4) is 0 Å². The molecule has 0 radical (unpaired) electrons. The van der Waals surface area contributed by atoms with E-state index in [1.165, 1.54) is 0 Å². The summed E-state index contributed by atoms with van der Waals surface area (Å²) in [6, 6.07) is 0.146. The number of hydrogen-bond acceptors (Lipinski definition) is 3. The van der Waals surface area contributed by atoms with Crippen molar-refractivity contribution in [1.29, 1.82) is 0 Å². The Morgan fingerprint density at radius 3 is 2.37 bits per heavy atom. The maximum Gasteiger partial charge on any atom is 0.223 e. The number of carbonyl (C=O) groups excluding carboxylic acids is 3. The number of carbonyl (C=O) groups is 3. The van der Waals surface area contributed by atoms with Crippen LogP contribution in [0.3, 0.4) is 0 Å². The molecule has 2 unspecified atom stereocenters. The summed E-state index contributed by atoms with van der Waals surface area (Å²) < 4.78 is 0. The molecule has 19 heavy (non-hydrogen) atoms. The second-order valence-electron chi connectivity index (χ2n) is 5.99. The molecule has 2 atom stereocenters. The smallest absolute Gasteiger partial charge is 0.223 e. The van der Waals surface area contributed by atoms with E-state index < -0.39 is 0 Å². The van der Waals surface area contributed by atoms with Crippen LogP contribution in [-0.2, 0) is 14.4 Å². The van der Waals surface area contributed by atoms with Gasteiger partial charge in [0.1, 0.15) is 11.6 Å². The van der Waals surface area contributed by atoms with Crippen LogP contribution < -0.4 is 5.32 Å². The Labute approximate surface area is 114 Å². The first-order chi connectivity index (χ1) is 9.06. The maximum atomic E-state index is 12.1. The SMILES string of the molecule is CC(=O)C1CCCC(NC(=O)C2CCC(=O)CC2)C1. The van der Waals surface area contributed by atoms with Crippen molar-refractivity contribution in [2.75, 3.05) is 0 Å². The van der Waals surface area contributed by atoms with E-state index in [1.807, 2.05) is 0 Å². The molecule has 4 heteroatoms. The number of nitrogens with one attached hydrogen (secondary N) is 1. The van der Waals surface area contributed by atoms with Gasteiger partial charge in [-0.25, -0.2) is 0 Å². The minimum absolute atomic E-state index is 0.00426. The Morgan fingerprint density at radius 2 is 1.74 bits per heavy atom. The third-order valence-corrected chi connectivity index (χ3v) is 4.51. The first kappa shape index (κ1) is 14.2. The molecule has 0 aliphatic heterocycles. The highest BCUT2D eigenvalue weighted by Crippen LogP contribution is 2.26. The van der Waals surface area contributed by atoms with E-state index in [2.05, 4.69) is 5.32 Å². The van der Waals surface area contributed by atoms with Gasteiger partial charge in [0.15, 0.2) is 0 Å². The monoisotopic (exact) mass is 265 g/mol. The summed E-state index contributed by atoms with van der Waals surface area (Å²) in [6.45, 7) is 1.64. The van der Waals surface area contributed by atoms with Crippen molar-refractivity contribution in [3.63, 3.8) is 0 Å². The fourth-order valence-corrected chi connectivity index (χ4v) is 3.21. The first-order valence-electron chi connectivity index (χ1n) is 7.38. The summed E-state index contributed by atoms with van der Waals surface area (Å²) in [5, 5.41) is 3.09. The third kappa shape index (κ3) is 3.88. The highest BCUT2D eigenvalue weighted by molar-refractivity contribution is 5.84. The minimum atomic E-state index is -0.00426. The van der Waals surface area contributed by atoms with Gasteiger partial charge in [-0.05, 0) is 39.0 Å². The van der Waals surface area contributed by atoms with Crippen molar-refractivity contribution in [3.05, 3.63) is 0 Å². The van der Waals surface area contributed by atoms with Crippen LogP contribution in [0.15, 0.2) is 0 Å². The Bertz CT molecular complexity index is 368. The fourth-order valence-electron chi connectivity index (χ4n) is 3.21. The van der Waals surface area contributed by atoms with Crippen LogP contribution in [0.2, 0.25) is 0 Å². The third-order valence-electron chi connectivity index (χ3n) is 4.51. The van der Waals surface area contributed by atoms with E-state index in [1.54, 1.807) is 6.92 Å². The van der Waals surface area contributed by atoms with Crippen molar-refractivity contribution >= 4 is 17.5 Å². The molecule has 0 heterocycles. The zero-order chi connectivity index (χ0) is 13.8. The molecule has 2 aliphatic rings. The summed E-state index contributed by atoms with van der Waals surface area (Å²) in [5.74, 6) is 0.713. The predicted molar refractivity (Wildman–Crippen MR) is 71.5 cm³/mol. The van der Waals surface area contributed by atoms with E-state index in [4.69, 9.17) is 0 Å². The Balaban J connectivity index is 1.81. The van der Waals surface area contributed by atoms with Crippen LogP contribution in [0.1, 0.15) is 58.3 Å². The van der Waals surface area contributed by atoms with Crippen molar-refractivity contribution in [2.24, 2.45) is 11.8 Å². The molecule has 0 spiro atoms. The minimum Gasteiger partial charge on any atom is -0.353 e. The van der Waals surface area contributed by atoms with Gasteiger partial charge in [-0.2, -0.15) is 0 Å². The maximum absolute atomic E-state index is 12.1. The van der Waals surface area contributed by atoms with Gasteiger partial charge >= 0.3 is 0 Å². The summed E-state index contributed by atoms with van der Waals surface area (Å²) in [4.78, 5) is 34.7. The van der Waals surface area contributed by atoms with Crippen molar-refractivity contribution in [2.45, 2.75) is 64.3 Å². The normalized spacial score (nSPS) is 29.0. The molecule has 2 aliphatic carbocycles. The Morgan fingerprint density at radius 1 is 1.05 bits per heavy atom. The number of amides is 1. The van der Waals surface area contributed by atoms with Gasteiger partial charge in [0.05, 0.1) is 0 Å². The van der Waals surface area contributed by atoms with Gasteiger partial charge < -0.3 is 5.32 Å². The zero-order valence-electron chi connectivity index (χ0n) is 11.6. The molecule has 2 saturated carbocycles. The van der Waals surface area contributed by atoms with Crippen LogP contribution in [0.25, 0.3) is 0 Å². The number of Topliss-reactive ketones (excluding diaryl/α,β-unsaturated/α-hetero) is 2. The Kier molecular flexibility index (Phi) is 4.72. The Hall–Kier alpha value is -1.19. The van der Waals surface area contributed by atoms with E-state index in [0.717, 1.165) is 25.7 Å². The summed E-state index contributed by atoms with van der Waals surface area (Å²) >= 11 is 0. The molecular formula is C15H23NO3. The van der Waals surface area contributed by atoms with Crippen LogP contribution in [0, 0.1) is 11.8 Å². The van der Waals surface area contributed by atoms with Gasteiger partial charge in [0.25, 0.3) is 0 Å². The van der Waals surface area contributed by atoms with Crippen LogP contribution >= 0.6 is 0 Å². The highest BCUT2D eigenvalue weighted by Gasteiger charge is 2.29. The highest BCUT2D eigenvalue weighted by atomic mass is 16.2. The first-order valence-corrected chi connectivity index (χ1v) is 7.38. The van der Waals surface area contributed by atoms with Crippen LogP contribution in [0.4, 0.5) is 0 Å². The van der Waals surface area contributed by atoms with Gasteiger partial charge in [-0.3, -0.25) is 14.4 Å². The quantitative estimate of drug-likeness (QED) is 0.849. The van der Waals surface area contributed by atoms with Crippen LogP contribution in [-0.4, -0.2) is 23.5 Å². The van der Waals surface area contributed by atoms with Gasteiger partial charge in [-0.1, -0.05) is 6.42 Å². The lowest BCUT2D eigenvalue weighted by Gasteiger charge is -2.30. The largest absolute Gasteiger partial charge is 0.353 e. The second-order valence-corrected chi connectivity index (χ2v) is 5.99. The molecule has 106 valence electrons. The predicted octanol–water partition coefficient (Wildman–Crippen LogP) is 2.01. The molecule has 0 saturated heterocycles. The lowest BCUT2D eigenvalue weighted by Crippen LogP contribution is -2.43. The average Bonchev–Trinajstić information content (AvgIpc) is 2.39. The molecule has 0 aromatic carbocycles. The topological polar surface area (TPSA) is 63.2 Å². The molecule has 1 N–H and O–H groups in total. The lowest BCUT2D eigenvalue weighted by molar-refractivity contribution is -0.130. The summed E-state index contributed by atoms with van der Waals surface area (Å²) in [7, 11) is 0. The molecule has 0 aromatic rings. The van der Waals surface area contributed by atoms with Crippen molar-refractivity contribution in [1.82, 2.24) is 5.32 Å². The standard InChI is InChI=1S/C15H23NO3/c1-10(17)12-3-2-4-13(9-12)16-15(19)11-5-7-14(18)8-6-11/h11-13H,2-9H2,1H3,(H,16,19). The van der Waals surface area contributed by atoms with E-state index in [9.17, 15) is 14.4 Å². The van der Waals surface area contributed by atoms with Gasteiger partial charge in [0.2, 0.25) is 5.91 Å². The van der Waals surface area contributed by atoms with E-state index in [0.29, 0.717) is 25.7 Å². The molecule has 4 nitrogen and oxygen atoms in total. The van der Waals surface area contributed by atoms with E-state index in [-0.39, 0.29) is 35.4 Å². The molecular weight excluding hydrogens is 242 g/mol. The molecule has 0 aromatic heterocycles. The van der Waals surface area contributed by atoms with Crippen molar-refractivity contribution < 1.29 is 14.4 Å². The zero-order valence-corrected chi connectivity index (χ0v) is 11.6.